The van der Waals surface area contributed by atoms with Crippen LogP contribution in [-0.2, 0) is 17.7 Å². The lowest BCUT2D eigenvalue weighted by Crippen LogP contribution is -2.22. The van der Waals surface area contributed by atoms with Gasteiger partial charge in [0.2, 0.25) is 5.78 Å². The van der Waals surface area contributed by atoms with Gasteiger partial charge in [0.1, 0.15) is 5.69 Å². The number of hydrogen-bond acceptors (Lipinski definition) is 4. The summed E-state index contributed by atoms with van der Waals surface area (Å²) < 4.78 is 7.06. The van der Waals surface area contributed by atoms with Crippen LogP contribution in [0.25, 0.3) is 0 Å². The van der Waals surface area contributed by atoms with Crippen molar-refractivity contribution in [1.82, 2.24) is 9.47 Å². The van der Waals surface area contributed by atoms with Crippen LogP contribution in [0, 0.1) is 6.92 Å². The predicted octanol–water partition coefficient (Wildman–Crippen LogP) is 3.60. The number of carbonyl (C=O) groups excluding carboxylic acids is 2. The van der Waals surface area contributed by atoms with E-state index in [1.807, 2.05) is 67.0 Å². The fraction of sp³-hybridized carbons (Fsp3) is 0.364. The molecule has 0 saturated heterocycles. The molecule has 0 atom stereocenters. The fourth-order valence-corrected chi connectivity index (χ4v) is 3.45. The number of ketones is 1. The minimum absolute atomic E-state index is 0.00684. The summed E-state index contributed by atoms with van der Waals surface area (Å²) in [6.45, 7) is 4.59. The Morgan fingerprint density at radius 3 is 2.56 bits per heavy atom. The van der Waals surface area contributed by atoms with Crippen LogP contribution < -0.4 is 0 Å². The molecule has 0 amide bonds. The van der Waals surface area contributed by atoms with E-state index in [4.69, 9.17) is 4.74 Å². The molecule has 1 aliphatic rings. The van der Waals surface area contributed by atoms with E-state index in [1.54, 1.807) is 6.92 Å². The van der Waals surface area contributed by atoms with Gasteiger partial charge in [0.15, 0.2) is 0 Å². The second kappa shape index (κ2) is 7.82. The van der Waals surface area contributed by atoms with Crippen molar-refractivity contribution in [2.24, 2.45) is 0 Å². The lowest BCUT2D eigenvalue weighted by Gasteiger charge is -2.19. The van der Waals surface area contributed by atoms with Crippen LogP contribution in [0.2, 0.25) is 0 Å². The van der Waals surface area contributed by atoms with Gasteiger partial charge < -0.3 is 14.2 Å². The van der Waals surface area contributed by atoms with Gasteiger partial charge in [0.25, 0.3) is 0 Å². The molecule has 0 fully saturated rings. The second-order valence-corrected chi connectivity index (χ2v) is 7.14. The maximum atomic E-state index is 13.1. The second-order valence-electron chi connectivity index (χ2n) is 7.14. The van der Waals surface area contributed by atoms with Gasteiger partial charge in [-0.2, -0.15) is 0 Å². The van der Waals surface area contributed by atoms with Gasteiger partial charge in [-0.15, -0.1) is 0 Å². The van der Waals surface area contributed by atoms with Crippen molar-refractivity contribution >= 4 is 11.8 Å². The number of allylic oxidation sites excluding steroid dienone is 1. The first-order valence-corrected chi connectivity index (χ1v) is 9.27. The summed E-state index contributed by atoms with van der Waals surface area (Å²) in [5, 5.41) is 0. The molecule has 0 N–H and O–H groups in total. The van der Waals surface area contributed by atoms with E-state index in [2.05, 4.69) is 0 Å². The number of carbonyl (C=O) groups is 2. The lowest BCUT2D eigenvalue weighted by atomic mass is 9.92. The Morgan fingerprint density at radius 2 is 1.93 bits per heavy atom. The summed E-state index contributed by atoms with van der Waals surface area (Å²) in [7, 11) is 3.82. The molecule has 5 heteroatoms. The molecule has 0 aliphatic heterocycles. The highest BCUT2D eigenvalue weighted by molar-refractivity contribution is 6.10. The summed E-state index contributed by atoms with van der Waals surface area (Å²) in [5.41, 5.74) is 4.96. The Morgan fingerprint density at radius 1 is 1.22 bits per heavy atom. The van der Waals surface area contributed by atoms with E-state index in [0.717, 1.165) is 23.1 Å². The maximum Gasteiger partial charge on any atom is 0.354 e. The molecule has 0 unspecified atom stereocenters. The molecule has 3 rings (SSSR count). The summed E-state index contributed by atoms with van der Waals surface area (Å²) in [6, 6.07) is 9.95. The topological polar surface area (TPSA) is 51.5 Å². The van der Waals surface area contributed by atoms with Crippen LogP contribution >= 0.6 is 0 Å². The summed E-state index contributed by atoms with van der Waals surface area (Å²) >= 11 is 0. The van der Waals surface area contributed by atoms with Crippen molar-refractivity contribution in [2.45, 2.75) is 33.2 Å². The van der Waals surface area contributed by atoms with Gasteiger partial charge in [0.05, 0.1) is 12.3 Å². The lowest BCUT2D eigenvalue weighted by molar-refractivity contribution is 0.0514. The van der Waals surface area contributed by atoms with Gasteiger partial charge in [-0.05, 0) is 43.9 Å². The first-order chi connectivity index (χ1) is 12.9. The molecular formula is C22H26N2O3. The largest absolute Gasteiger partial charge is 0.461 e. The average Bonchev–Trinajstić information content (AvgIpc) is 2.98. The summed E-state index contributed by atoms with van der Waals surface area (Å²) in [5.74, 6) is -0.391. The Kier molecular flexibility index (Phi) is 5.49. The third kappa shape index (κ3) is 3.97. The zero-order valence-corrected chi connectivity index (χ0v) is 16.4. The van der Waals surface area contributed by atoms with Gasteiger partial charge in [-0.3, -0.25) is 4.79 Å². The molecule has 5 nitrogen and oxygen atoms in total. The molecule has 0 bridgehead atoms. The van der Waals surface area contributed by atoms with Crippen molar-refractivity contribution in [1.29, 1.82) is 0 Å². The highest BCUT2D eigenvalue weighted by Crippen LogP contribution is 2.29. The van der Waals surface area contributed by atoms with Crippen LogP contribution in [0.1, 0.15) is 51.0 Å². The van der Waals surface area contributed by atoms with E-state index in [9.17, 15) is 9.59 Å². The van der Waals surface area contributed by atoms with Crippen molar-refractivity contribution in [3.05, 3.63) is 70.2 Å². The van der Waals surface area contributed by atoms with E-state index in [0.29, 0.717) is 31.0 Å². The number of aromatic nitrogens is 1. The van der Waals surface area contributed by atoms with Crippen LogP contribution in [0.3, 0.4) is 0 Å². The molecule has 1 aromatic carbocycles. The number of hydrogen-bond donors (Lipinski definition) is 0. The smallest absolute Gasteiger partial charge is 0.354 e. The monoisotopic (exact) mass is 366 g/mol. The fourth-order valence-electron chi connectivity index (χ4n) is 3.45. The number of benzene rings is 1. The van der Waals surface area contributed by atoms with Crippen LogP contribution in [0.4, 0.5) is 0 Å². The van der Waals surface area contributed by atoms with Gasteiger partial charge >= 0.3 is 5.97 Å². The van der Waals surface area contributed by atoms with Crippen molar-refractivity contribution in [3.63, 3.8) is 0 Å². The molecule has 142 valence electrons. The minimum Gasteiger partial charge on any atom is -0.461 e. The maximum absolute atomic E-state index is 13.1. The van der Waals surface area contributed by atoms with E-state index >= 15 is 0 Å². The minimum atomic E-state index is -0.384. The van der Waals surface area contributed by atoms with E-state index in [-0.39, 0.29) is 11.8 Å². The highest BCUT2D eigenvalue weighted by atomic mass is 16.5. The van der Waals surface area contributed by atoms with Crippen LogP contribution in [0.5, 0.6) is 0 Å². The Balaban J connectivity index is 2.08. The van der Waals surface area contributed by atoms with Gasteiger partial charge in [0, 0.05) is 32.4 Å². The SMILES string of the molecule is CCOC(=O)c1cc2c(n1Cc1ccc(C)cc1)C(=O)C(=CN(C)C)CC2. The van der Waals surface area contributed by atoms with Crippen molar-refractivity contribution < 1.29 is 14.3 Å². The normalized spacial score (nSPS) is 15.0. The number of esters is 1. The Hall–Kier alpha value is -2.82. The van der Waals surface area contributed by atoms with Crippen molar-refractivity contribution in [2.75, 3.05) is 20.7 Å². The highest BCUT2D eigenvalue weighted by Gasteiger charge is 2.30. The molecule has 2 aromatic rings. The Bertz CT molecular complexity index is 889. The quantitative estimate of drug-likeness (QED) is 0.599. The molecule has 27 heavy (non-hydrogen) atoms. The van der Waals surface area contributed by atoms with Crippen LogP contribution in [-0.4, -0.2) is 41.9 Å². The standard InChI is InChI=1S/C22H26N2O3/c1-5-27-22(26)19-12-17-10-11-18(14-23(3)4)21(25)20(17)24(19)13-16-8-6-15(2)7-9-16/h6-9,12,14H,5,10-11,13H2,1-4H3. The van der Waals surface area contributed by atoms with E-state index in [1.165, 1.54) is 5.56 Å². The number of nitrogens with zero attached hydrogens (tertiary/aromatic N) is 2. The zero-order chi connectivity index (χ0) is 19.6. The Labute approximate surface area is 160 Å². The number of Topliss-reactive ketones (excluding diaryl/α,β-unsaturated/α-hetero) is 1. The number of fused-ring (bicyclic) bond motifs is 1. The van der Waals surface area contributed by atoms with Gasteiger partial charge in [-0.1, -0.05) is 29.8 Å². The zero-order valence-electron chi connectivity index (χ0n) is 16.4. The third-order valence-corrected chi connectivity index (χ3v) is 4.71. The van der Waals surface area contributed by atoms with Crippen molar-refractivity contribution in [3.8, 4) is 0 Å². The summed E-state index contributed by atoms with van der Waals surface area (Å²) in [4.78, 5) is 27.5. The van der Waals surface area contributed by atoms with E-state index < -0.39 is 0 Å². The number of rotatable bonds is 5. The predicted molar refractivity (Wildman–Crippen MR) is 105 cm³/mol. The third-order valence-electron chi connectivity index (χ3n) is 4.71. The molecule has 1 aliphatic carbocycles. The number of aryl methyl sites for hydroxylation is 2. The first-order valence-electron chi connectivity index (χ1n) is 9.27. The molecule has 0 saturated carbocycles. The molecule has 1 aromatic heterocycles. The average molecular weight is 366 g/mol. The van der Waals surface area contributed by atoms with Crippen LogP contribution in [0.15, 0.2) is 42.1 Å². The molecule has 0 spiro atoms. The van der Waals surface area contributed by atoms with Gasteiger partial charge in [-0.25, -0.2) is 4.79 Å². The molecule has 1 heterocycles. The number of ether oxygens (including phenoxy) is 1. The molecular weight excluding hydrogens is 340 g/mol. The molecule has 0 radical (unpaired) electrons. The first kappa shape index (κ1) is 19.0. The summed E-state index contributed by atoms with van der Waals surface area (Å²) in [6.07, 6.45) is 3.30.